The highest BCUT2D eigenvalue weighted by Crippen LogP contribution is 2.28. The Bertz CT molecular complexity index is 897. The topological polar surface area (TPSA) is 72.3 Å². The molecule has 0 fully saturated rings. The monoisotopic (exact) mass is 381 g/mol. The molecule has 3 rings (SSSR count). The predicted molar refractivity (Wildman–Crippen MR) is 112 cm³/mol. The number of hydrogen-bond acceptors (Lipinski definition) is 5. The number of rotatable bonds is 10. The first kappa shape index (κ1) is 19.8. The van der Waals surface area contributed by atoms with Crippen LogP contribution in [0.3, 0.4) is 0 Å². The fourth-order valence-corrected chi connectivity index (χ4v) is 3.12. The number of nitrogens with zero attached hydrogens (tertiary/aromatic N) is 4. The number of nitrogens with one attached hydrogen (secondary N) is 1. The maximum atomic E-state index is 10.3. The molecule has 0 radical (unpaired) electrons. The van der Waals surface area contributed by atoms with Gasteiger partial charge in [0.2, 0.25) is 6.41 Å². The van der Waals surface area contributed by atoms with E-state index in [1.54, 1.807) is 6.20 Å². The number of carbonyl (C=O) groups excluding carboxylic acids is 1. The minimum Gasteiger partial charge on any atom is -0.378 e. The molecule has 28 heavy (non-hydrogen) atoms. The molecule has 2 aromatic rings. The molecule has 0 aromatic carbocycles. The summed E-state index contributed by atoms with van der Waals surface area (Å²) in [5.74, 6) is 0.925. The Labute approximate surface area is 165 Å². The van der Waals surface area contributed by atoms with Gasteiger partial charge in [0.05, 0.1) is 30.6 Å². The van der Waals surface area contributed by atoms with E-state index in [2.05, 4.69) is 53.4 Å². The lowest BCUT2D eigenvalue weighted by molar-refractivity contribution is -0.109. The largest absolute Gasteiger partial charge is 0.378 e. The summed E-state index contributed by atoms with van der Waals surface area (Å²) >= 11 is 0. The number of amides is 1. The normalized spacial score (nSPS) is 13.8. The smallest absolute Gasteiger partial charge is 0.207 e. The number of hydrogen-bond donors (Lipinski definition) is 1. The molecule has 1 amide bonds. The Morgan fingerprint density at radius 1 is 1.36 bits per heavy atom. The van der Waals surface area contributed by atoms with Crippen molar-refractivity contribution in [3.8, 4) is 0 Å². The van der Waals surface area contributed by atoms with Crippen molar-refractivity contribution in [2.75, 3.05) is 37.7 Å². The number of aromatic nitrogens is 3. The van der Waals surface area contributed by atoms with Crippen LogP contribution in [0.1, 0.15) is 20.3 Å². The second-order valence-electron chi connectivity index (χ2n) is 6.60. The van der Waals surface area contributed by atoms with E-state index in [0.717, 1.165) is 41.9 Å². The van der Waals surface area contributed by atoms with E-state index in [1.165, 1.54) is 5.57 Å². The van der Waals surface area contributed by atoms with Gasteiger partial charge < -0.3 is 15.0 Å². The van der Waals surface area contributed by atoms with Crippen LogP contribution in [-0.4, -0.2) is 54.0 Å². The van der Waals surface area contributed by atoms with Crippen LogP contribution in [0.5, 0.6) is 0 Å². The molecule has 2 aromatic heterocycles. The van der Waals surface area contributed by atoms with Gasteiger partial charge in [0.25, 0.3) is 0 Å². The standard InChI is InChI=1S/C21H27N5O2/c1-3-25(12-14-28-13-11-23-16-27)21-19-9-10-22-15-20(19)26(24-21)18-6-4-5-17(2)7-8-18/h4,6-10,15-16H,3,5,11-14H2,1-2H3,(H,23,27). The van der Waals surface area contributed by atoms with E-state index in [0.29, 0.717) is 26.2 Å². The summed E-state index contributed by atoms with van der Waals surface area (Å²) in [4.78, 5) is 16.8. The van der Waals surface area contributed by atoms with Crippen LogP contribution in [0.2, 0.25) is 0 Å². The van der Waals surface area contributed by atoms with Gasteiger partial charge in [-0.1, -0.05) is 17.7 Å². The van der Waals surface area contributed by atoms with Crippen molar-refractivity contribution < 1.29 is 9.53 Å². The van der Waals surface area contributed by atoms with Crippen molar-refractivity contribution in [1.29, 1.82) is 0 Å². The lowest BCUT2D eigenvalue weighted by atomic mass is 10.2. The molecule has 1 aliphatic rings. The number of pyridine rings is 1. The molecular formula is C21H27N5O2. The van der Waals surface area contributed by atoms with E-state index in [-0.39, 0.29) is 0 Å². The van der Waals surface area contributed by atoms with Crippen LogP contribution in [0.4, 0.5) is 5.82 Å². The number of fused-ring (bicyclic) bond motifs is 1. The fourth-order valence-electron chi connectivity index (χ4n) is 3.12. The second-order valence-corrected chi connectivity index (χ2v) is 6.60. The Balaban J connectivity index is 1.84. The van der Waals surface area contributed by atoms with Crippen LogP contribution in [0.25, 0.3) is 16.6 Å². The Kier molecular flexibility index (Phi) is 6.97. The maximum Gasteiger partial charge on any atom is 0.207 e. The van der Waals surface area contributed by atoms with E-state index in [1.807, 2.05) is 16.9 Å². The van der Waals surface area contributed by atoms with E-state index >= 15 is 0 Å². The summed E-state index contributed by atoms with van der Waals surface area (Å²) in [7, 11) is 0. The van der Waals surface area contributed by atoms with Gasteiger partial charge in [-0.15, -0.1) is 5.10 Å². The highest BCUT2D eigenvalue weighted by Gasteiger charge is 2.17. The Hall–Kier alpha value is -2.93. The van der Waals surface area contributed by atoms with Gasteiger partial charge in [0.15, 0.2) is 5.82 Å². The van der Waals surface area contributed by atoms with Gasteiger partial charge in [0, 0.05) is 31.2 Å². The van der Waals surface area contributed by atoms with Crippen LogP contribution in [0, 0.1) is 0 Å². The third-order valence-electron chi connectivity index (χ3n) is 4.64. The SMILES string of the molecule is CCN(CCOCCNC=O)c1nn(C2=CC=C(C)CC=C2)c2cnccc12. The molecule has 148 valence electrons. The Morgan fingerprint density at radius 2 is 2.25 bits per heavy atom. The van der Waals surface area contributed by atoms with Gasteiger partial charge in [-0.2, -0.15) is 0 Å². The summed E-state index contributed by atoms with van der Waals surface area (Å²) in [6, 6.07) is 2.01. The zero-order valence-electron chi connectivity index (χ0n) is 16.5. The molecule has 0 atom stereocenters. The number of anilines is 1. The highest BCUT2D eigenvalue weighted by atomic mass is 16.5. The van der Waals surface area contributed by atoms with Crippen molar-refractivity contribution in [3.63, 3.8) is 0 Å². The maximum absolute atomic E-state index is 10.3. The number of ether oxygens (including phenoxy) is 1. The van der Waals surface area contributed by atoms with Crippen molar-refractivity contribution in [2.45, 2.75) is 20.3 Å². The first-order chi connectivity index (χ1) is 13.7. The zero-order chi connectivity index (χ0) is 19.8. The van der Waals surface area contributed by atoms with Gasteiger partial charge in [0.1, 0.15) is 0 Å². The van der Waals surface area contributed by atoms with Crippen molar-refractivity contribution in [2.24, 2.45) is 0 Å². The zero-order valence-corrected chi connectivity index (χ0v) is 16.5. The van der Waals surface area contributed by atoms with Gasteiger partial charge in [-0.25, -0.2) is 4.68 Å². The minimum absolute atomic E-state index is 0.499. The van der Waals surface area contributed by atoms with Crippen molar-refractivity contribution in [3.05, 3.63) is 48.3 Å². The molecule has 2 heterocycles. The van der Waals surface area contributed by atoms with E-state index in [4.69, 9.17) is 9.84 Å². The van der Waals surface area contributed by atoms with Gasteiger partial charge >= 0.3 is 0 Å². The summed E-state index contributed by atoms with van der Waals surface area (Å²) in [6.07, 6.45) is 13.8. The van der Waals surface area contributed by atoms with Gasteiger partial charge in [-0.3, -0.25) is 9.78 Å². The molecule has 7 nitrogen and oxygen atoms in total. The molecule has 0 unspecified atom stereocenters. The van der Waals surface area contributed by atoms with E-state index in [9.17, 15) is 4.79 Å². The second kappa shape index (κ2) is 9.85. The lowest BCUT2D eigenvalue weighted by Crippen LogP contribution is -2.29. The molecule has 1 N–H and O–H groups in total. The average Bonchev–Trinajstić information content (AvgIpc) is 2.96. The third kappa shape index (κ3) is 4.67. The predicted octanol–water partition coefficient (Wildman–Crippen LogP) is 2.77. The highest BCUT2D eigenvalue weighted by molar-refractivity contribution is 5.92. The van der Waals surface area contributed by atoms with Crippen molar-refractivity contribution >= 4 is 28.8 Å². The summed E-state index contributed by atoms with van der Waals surface area (Å²) in [5, 5.41) is 8.58. The number of likely N-dealkylation sites (N-methyl/N-ethyl adjacent to an activating group) is 1. The molecule has 0 saturated heterocycles. The van der Waals surface area contributed by atoms with Gasteiger partial charge in [-0.05, 0) is 38.5 Å². The summed E-state index contributed by atoms with van der Waals surface area (Å²) in [5.41, 5.74) is 3.32. The summed E-state index contributed by atoms with van der Waals surface area (Å²) in [6.45, 7) is 7.36. The average molecular weight is 381 g/mol. The van der Waals surface area contributed by atoms with Crippen LogP contribution < -0.4 is 10.2 Å². The number of allylic oxidation sites excluding steroid dienone is 6. The quantitative estimate of drug-likeness (QED) is 0.506. The third-order valence-corrected chi connectivity index (χ3v) is 4.64. The van der Waals surface area contributed by atoms with Crippen LogP contribution in [0.15, 0.2) is 48.3 Å². The fraction of sp³-hybridized carbons (Fsp3) is 0.381. The molecule has 0 saturated carbocycles. The van der Waals surface area contributed by atoms with E-state index < -0.39 is 0 Å². The number of carbonyl (C=O) groups is 1. The molecule has 7 heteroatoms. The summed E-state index contributed by atoms with van der Waals surface area (Å²) < 4.78 is 7.57. The molecule has 1 aliphatic carbocycles. The van der Waals surface area contributed by atoms with Crippen LogP contribution >= 0.6 is 0 Å². The molecule has 0 bridgehead atoms. The molecule has 0 spiro atoms. The minimum atomic E-state index is 0.499. The molecule has 0 aliphatic heterocycles. The van der Waals surface area contributed by atoms with Crippen molar-refractivity contribution in [1.82, 2.24) is 20.1 Å². The van der Waals surface area contributed by atoms with Crippen LogP contribution in [-0.2, 0) is 9.53 Å². The lowest BCUT2D eigenvalue weighted by Gasteiger charge is -2.20. The first-order valence-electron chi connectivity index (χ1n) is 9.61. The first-order valence-corrected chi connectivity index (χ1v) is 9.61. The Morgan fingerprint density at radius 3 is 3.07 bits per heavy atom. The molecular weight excluding hydrogens is 354 g/mol.